The first-order valence-corrected chi connectivity index (χ1v) is 3.07. The molecular weight excluding hydrogens is 130 g/mol. The van der Waals surface area contributed by atoms with Gasteiger partial charge in [-0.05, 0) is 21.0 Å². The number of esters is 1. The zero-order valence-corrected chi connectivity index (χ0v) is 6.63. The maximum atomic E-state index is 10.6. The van der Waals surface area contributed by atoms with E-state index in [1.165, 1.54) is 0 Å². The minimum atomic E-state index is -0.388. The molecule has 0 aromatic carbocycles. The summed E-state index contributed by atoms with van der Waals surface area (Å²) in [5, 5.41) is 0. The molecule has 0 amide bonds. The summed E-state index contributed by atoms with van der Waals surface area (Å²) in [6, 6.07) is 0. The molecule has 0 heterocycles. The highest BCUT2D eigenvalue weighted by Gasteiger charge is 2.06. The maximum Gasteiger partial charge on any atom is 0.331 e. The minimum Gasteiger partial charge on any atom is -0.444 e. The molecule has 0 aliphatic carbocycles. The topological polar surface area (TPSA) is 29.5 Å². The molecule has 0 N–H and O–H groups in total. The Balaban J connectivity index is 3.67. The Morgan fingerprint density at radius 3 is 2.50 bits per heavy atom. The van der Waals surface area contributed by atoms with Crippen molar-refractivity contribution in [2.24, 2.45) is 0 Å². The third kappa shape index (κ3) is 3.25. The predicted octanol–water partition coefficient (Wildman–Crippen LogP) is 0.623. The van der Waals surface area contributed by atoms with E-state index in [1.54, 1.807) is 11.8 Å². The molecule has 3 nitrogen and oxygen atoms in total. The lowest BCUT2D eigenvalue weighted by Crippen LogP contribution is -2.29. The van der Waals surface area contributed by atoms with Gasteiger partial charge in [-0.2, -0.15) is 0 Å². The van der Waals surface area contributed by atoms with E-state index in [9.17, 15) is 4.79 Å². The number of hydrogen-bond donors (Lipinski definition) is 0. The Hall–Kier alpha value is -0.830. The number of hydrogen-bond acceptors (Lipinski definition) is 3. The van der Waals surface area contributed by atoms with Gasteiger partial charge < -0.3 is 4.74 Å². The van der Waals surface area contributed by atoms with E-state index in [0.717, 1.165) is 6.08 Å². The highest BCUT2D eigenvalue weighted by Crippen LogP contribution is 1.94. The molecule has 0 aromatic rings. The van der Waals surface area contributed by atoms with E-state index in [2.05, 4.69) is 6.58 Å². The molecule has 0 bridgehead atoms. The van der Waals surface area contributed by atoms with Crippen LogP contribution in [0.3, 0.4) is 0 Å². The van der Waals surface area contributed by atoms with Crippen LogP contribution in [-0.4, -0.2) is 31.2 Å². The summed E-state index contributed by atoms with van der Waals surface area (Å²) < 4.78 is 4.83. The van der Waals surface area contributed by atoms with Gasteiger partial charge in [0.2, 0.25) is 0 Å². The summed E-state index contributed by atoms with van der Waals surface area (Å²) in [5.41, 5.74) is 0. The molecule has 0 aliphatic heterocycles. The number of carbonyl (C=O) groups is 1. The monoisotopic (exact) mass is 143 g/mol. The fourth-order valence-corrected chi connectivity index (χ4v) is 0.322. The second-order valence-corrected chi connectivity index (χ2v) is 2.20. The molecule has 10 heavy (non-hydrogen) atoms. The molecule has 0 aromatic heterocycles. The predicted molar refractivity (Wildman–Crippen MR) is 39.4 cm³/mol. The molecule has 0 saturated heterocycles. The maximum absolute atomic E-state index is 10.6. The van der Waals surface area contributed by atoms with E-state index >= 15 is 0 Å². The van der Waals surface area contributed by atoms with Crippen molar-refractivity contribution in [3.8, 4) is 0 Å². The summed E-state index contributed by atoms with van der Waals surface area (Å²) in [7, 11) is 3.67. The molecule has 1 atom stereocenters. The van der Waals surface area contributed by atoms with Crippen LogP contribution in [0.4, 0.5) is 0 Å². The summed E-state index contributed by atoms with van der Waals surface area (Å²) in [4.78, 5) is 12.4. The van der Waals surface area contributed by atoms with Crippen LogP contribution in [0.5, 0.6) is 0 Å². The van der Waals surface area contributed by atoms with E-state index in [-0.39, 0.29) is 12.2 Å². The molecule has 0 saturated carbocycles. The van der Waals surface area contributed by atoms with Gasteiger partial charge in [-0.3, -0.25) is 4.90 Å². The molecule has 0 spiro atoms. The van der Waals surface area contributed by atoms with Crippen LogP contribution < -0.4 is 0 Å². The van der Waals surface area contributed by atoms with Gasteiger partial charge in [-0.15, -0.1) is 0 Å². The van der Waals surface area contributed by atoms with Gasteiger partial charge in [0.05, 0.1) is 0 Å². The summed E-state index contributed by atoms with van der Waals surface area (Å²) in [5.74, 6) is -0.388. The number of nitrogens with zero attached hydrogens (tertiary/aromatic N) is 1. The van der Waals surface area contributed by atoms with Gasteiger partial charge in [0.25, 0.3) is 0 Å². The third-order valence-electron chi connectivity index (χ3n) is 1.18. The van der Waals surface area contributed by atoms with Crippen molar-refractivity contribution < 1.29 is 9.53 Å². The van der Waals surface area contributed by atoms with Crippen LogP contribution >= 0.6 is 0 Å². The highest BCUT2D eigenvalue weighted by molar-refractivity contribution is 5.81. The second-order valence-electron chi connectivity index (χ2n) is 2.20. The standard InChI is InChI=1S/C7H13NO2/c1-5-7(9)10-6(2)8(3)4/h5-6H,1H2,2-4H3/t6-/m1/s1. The Kier molecular flexibility index (Phi) is 3.72. The van der Waals surface area contributed by atoms with E-state index in [1.807, 2.05) is 14.1 Å². The molecule has 0 unspecified atom stereocenters. The summed E-state index contributed by atoms with van der Waals surface area (Å²) >= 11 is 0. The van der Waals surface area contributed by atoms with Crippen LogP contribution in [0.15, 0.2) is 12.7 Å². The average Bonchev–Trinajstić information content (AvgIpc) is 1.87. The molecule has 58 valence electrons. The summed E-state index contributed by atoms with van der Waals surface area (Å²) in [6.45, 7) is 5.07. The van der Waals surface area contributed by atoms with Crippen molar-refractivity contribution in [1.29, 1.82) is 0 Å². The quantitative estimate of drug-likeness (QED) is 0.329. The van der Waals surface area contributed by atoms with Crippen LogP contribution in [-0.2, 0) is 9.53 Å². The Labute approximate surface area is 61.3 Å². The number of rotatable bonds is 3. The van der Waals surface area contributed by atoms with Gasteiger partial charge in [0.1, 0.15) is 0 Å². The first-order chi connectivity index (χ1) is 4.57. The van der Waals surface area contributed by atoms with Crippen molar-refractivity contribution in [2.75, 3.05) is 14.1 Å². The van der Waals surface area contributed by atoms with Crippen LogP contribution in [0, 0.1) is 0 Å². The lowest BCUT2D eigenvalue weighted by molar-refractivity contribution is -0.149. The lowest BCUT2D eigenvalue weighted by Gasteiger charge is -2.18. The molecular formula is C7H13NO2. The van der Waals surface area contributed by atoms with E-state index in [0.29, 0.717) is 0 Å². The molecule has 3 heteroatoms. The van der Waals surface area contributed by atoms with Gasteiger partial charge in [-0.1, -0.05) is 6.58 Å². The van der Waals surface area contributed by atoms with Crippen molar-refractivity contribution in [3.05, 3.63) is 12.7 Å². The normalized spacial score (nSPS) is 12.8. The van der Waals surface area contributed by atoms with Crippen LogP contribution in [0.1, 0.15) is 6.92 Å². The zero-order chi connectivity index (χ0) is 8.15. The fraction of sp³-hybridized carbons (Fsp3) is 0.571. The van der Waals surface area contributed by atoms with Crippen molar-refractivity contribution in [2.45, 2.75) is 13.2 Å². The SMILES string of the molecule is C=CC(=O)O[C@H](C)N(C)C. The van der Waals surface area contributed by atoms with Crippen molar-refractivity contribution >= 4 is 5.97 Å². The molecule has 0 aliphatic rings. The smallest absolute Gasteiger partial charge is 0.331 e. The number of ether oxygens (including phenoxy) is 1. The third-order valence-corrected chi connectivity index (χ3v) is 1.18. The first kappa shape index (κ1) is 9.17. The van der Waals surface area contributed by atoms with Crippen molar-refractivity contribution in [1.82, 2.24) is 4.90 Å². The van der Waals surface area contributed by atoms with E-state index < -0.39 is 0 Å². The Morgan fingerprint density at radius 1 is 1.70 bits per heavy atom. The molecule has 0 radical (unpaired) electrons. The molecule has 0 fully saturated rings. The first-order valence-electron chi connectivity index (χ1n) is 3.07. The fourth-order valence-electron chi connectivity index (χ4n) is 0.322. The Bertz CT molecular complexity index is 132. The summed E-state index contributed by atoms with van der Waals surface area (Å²) in [6.07, 6.45) is 0.963. The second kappa shape index (κ2) is 4.06. The van der Waals surface area contributed by atoms with Crippen molar-refractivity contribution in [3.63, 3.8) is 0 Å². The van der Waals surface area contributed by atoms with Gasteiger partial charge in [0.15, 0.2) is 6.23 Å². The zero-order valence-electron chi connectivity index (χ0n) is 6.63. The highest BCUT2D eigenvalue weighted by atomic mass is 16.6. The Morgan fingerprint density at radius 2 is 2.20 bits per heavy atom. The van der Waals surface area contributed by atoms with Crippen LogP contribution in [0.25, 0.3) is 0 Å². The molecule has 0 rings (SSSR count). The van der Waals surface area contributed by atoms with Crippen LogP contribution in [0.2, 0.25) is 0 Å². The van der Waals surface area contributed by atoms with Gasteiger partial charge in [0, 0.05) is 6.08 Å². The minimum absolute atomic E-state index is 0.189. The lowest BCUT2D eigenvalue weighted by atomic mass is 10.6. The largest absolute Gasteiger partial charge is 0.444 e. The number of carbonyl (C=O) groups excluding carboxylic acids is 1. The van der Waals surface area contributed by atoms with E-state index in [4.69, 9.17) is 4.74 Å². The van der Waals surface area contributed by atoms with Gasteiger partial charge >= 0.3 is 5.97 Å². The average molecular weight is 143 g/mol. The van der Waals surface area contributed by atoms with Gasteiger partial charge in [-0.25, -0.2) is 4.79 Å².